The molecule has 0 atom stereocenters. The summed E-state index contributed by atoms with van der Waals surface area (Å²) in [5.41, 5.74) is 0. The van der Waals surface area contributed by atoms with Gasteiger partial charge in [-0.15, -0.1) is 0 Å². The third-order valence-corrected chi connectivity index (χ3v) is 5.71. The van der Waals surface area contributed by atoms with Crippen molar-refractivity contribution in [2.45, 2.75) is 61.1 Å². The first-order valence-corrected chi connectivity index (χ1v) is 7.11. The van der Waals surface area contributed by atoms with Gasteiger partial charge in [-0.3, -0.25) is 9.59 Å². The van der Waals surface area contributed by atoms with Gasteiger partial charge in [0.05, 0.1) is 0 Å². The Bertz CT molecular complexity index is 349. The Kier molecular flexibility index (Phi) is 2.61. The van der Waals surface area contributed by atoms with Gasteiger partial charge in [-0.2, -0.15) is 10.2 Å². The molecule has 0 saturated heterocycles. The third kappa shape index (κ3) is 2.05. The van der Waals surface area contributed by atoms with Gasteiger partial charge >= 0.3 is 0 Å². The van der Waals surface area contributed by atoms with Gasteiger partial charge in [0, 0.05) is 25.7 Å². The van der Waals surface area contributed by atoms with E-state index in [0.717, 1.165) is 25.7 Å². The van der Waals surface area contributed by atoms with E-state index in [2.05, 4.69) is 10.2 Å². The molecule has 1 heterocycles. The molecule has 0 unspecified atom stereocenters. The highest BCUT2D eigenvalue weighted by Crippen LogP contribution is 2.56. The standard InChI is InChI=1S/C12H16N2O2S/c15-9-1-5-11(6-2-9)13-14-12(17-11)7-3-10(16)4-8-12/h1-8H2. The molecule has 2 spiro atoms. The summed E-state index contributed by atoms with van der Waals surface area (Å²) in [6.45, 7) is 0. The summed E-state index contributed by atoms with van der Waals surface area (Å²) in [6, 6.07) is 0. The molecular formula is C12H16N2O2S. The van der Waals surface area contributed by atoms with E-state index in [1.807, 2.05) is 11.8 Å². The summed E-state index contributed by atoms with van der Waals surface area (Å²) >= 11 is 1.82. The predicted molar refractivity (Wildman–Crippen MR) is 64.9 cm³/mol. The molecule has 0 radical (unpaired) electrons. The van der Waals surface area contributed by atoms with E-state index in [9.17, 15) is 9.59 Å². The van der Waals surface area contributed by atoms with Crippen molar-refractivity contribution in [3.8, 4) is 0 Å². The van der Waals surface area contributed by atoms with Gasteiger partial charge in [-0.1, -0.05) is 11.8 Å². The van der Waals surface area contributed by atoms with Gasteiger partial charge in [-0.25, -0.2) is 0 Å². The van der Waals surface area contributed by atoms with Gasteiger partial charge in [-0.05, 0) is 25.7 Å². The minimum atomic E-state index is -0.145. The average Bonchev–Trinajstić information content (AvgIpc) is 2.68. The van der Waals surface area contributed by atoms with E-state index in [-0.39, 0.29) is 9.74 Å². The van der Waals surface area contributed by atoms with Crippen LogP contribution in [-0.2, 0) is 9.59 Å². The van der Waals surface area contributed by atoms with E-state index < -0.39 is 0 Å². The first-order valence-electron chi connectivity index (χ1n) is 6.29. The summed E-state index contributed by atoms with van der Waals surface area (Å²) in [7, 11) is 0. The normalized spacial score (nSPS) is 30.4. The number of thioether (sulfide) groups is 1. The highest BCUT2D eigenvalue weighted by atomic mass is 32.2. The van der Waals surface area contributed by atoms with E-state index >= 15 is 0 Å². The minimum absolute atomic E-state index is 0.145. The van der Waals surface area contributed by atoms with Crippen LogP contribution in [0.4, 0.5) is 0 Å². The lowest BCUT2D eigenvalue weighted by atomic mass is 9.94. The van der Waals surface area contributed by atoms with Crippen LogP contribution in [0.5, 0.6) is 0 Å². The molecule has 0 aromatic carbocycles. The Hall–Kier alpha value is -0.710. The predicted octanol–water partition coefficient (Wildman–Crippen LogP) is 2.86. The first-order chi connectivity index (χ1) is 8.12. The van der Waals surface area contributed by atoms with Crippen LogP contribution in [-0.4, -0.2) is 21.3 Å². The van der Waals surface area contributed by atoms with Crippen molar-refractivity contribution in [3.63, 3.8) is 0 Å². The Morgan fingerprint density at radius 3 is 1.47 bits per heavy atom. The number of hydrogen-bond acceptors (Lipinski definition) is 5. The molecule has 0 amide bonds. The monoisotopic (exact) mass is 252 g/mol. The molecule has 17 heavy (non-hydrogen) atoms. The number of hydrogen-bond donors (Lipinski definition) is 0. The Labute approximate surface area is 105 Å². The maximum Gasteiger partial charge on any atom is 0.133 e. The highest BCUT2D eigenvalue weighted by molar-refractivity contribution is 8.02. The molecule has 1 aliphatic heterocycles. The van der Waals surface area contributed by atoms with Gasteiger partial charge < -0.3 is 0 Å². The summed E-state index contributed by atoms with van der Waals surface area (Å²) in [5.74, 6) is 0.706. The zero-order valence-corrected chi connectivity index (χ0v) is 10.6. The van der Waals surface area contributed by atoms with Crippen LogP contribution in [0.15, 0.2) is 10.2 Å². The van der Waals surface area contributed by atoms with Crippen molar-refractivity contribution in [1.29, 1.82) is 0 Å². The molecule has 0 N–H and O–H groups in total. The van der Waals surface area contributed by atoms with Gasteiger partial charge in [0.2, 0.25) is 0 Å². The molecule has 3 aliphatic rings. The van der Waals surface area contributed by atoms with Crippen molar-refractivity contribution in [1.82, 2.24) is 0 Å². The second-order valence-electron chi connectivity index (χ2n) is 5.27. The lowest BCUT2D eigenvalue weighted by Crippen LogP contribution is -2.33. The van der Waals surface area contributed by atoms with E-state index in [1.54, 1.807) is 0 Å². The van der Waals surface area contributed by atoms with Crippen molar-refractivity contribution >= 4 is 23.3 Å². The van der Waals surface area contributed by atoms with Crippen LogP contribution in [0.2, 0.25) is 0 Å². The number of carbonyl (C=O) groups excluding carboxylic acids is 2. The van der Waals surface area contributed by atoms with Crippen molar-refractivity contribution in [2.24, 2.45) is 10.2 Å². The quantitative estimate of drug-likeness (QED) is 0.666. The SMILES string of the molecule is O=C1CCC2(CC1)N=NC1(CCC(=O)CC1)S2. The van der Waals surface area contributed by atoms with Crippen molar-refractivity contribution in [2.75, 3.05) is 0 Å². The Morgan fingerprint density at radius 2 is 1.12 bits per heavy atom. The van der Waals surface area contributed by atoms with E-state index in [4.69, 9.17) is 0 Å². The van der Waals surface area contributed by atoms with Gasteiger partial charge in [0.1, 0.15) is 21.3 Å². The molecule has 2 fully saturated rings. The number of carbonyl (C=O) groups is 2. The number of azo groups is 1. The number of rotatable bonds is 0. The fraction of sp³-hybridized carbons (Fsp3) is 0.833. The van der Waals surface area contributed by atoms with Gasteiger partial charge in [0.15, 0.2) is 0 Å². The Morgan fingerprint density at radius 1 is 0.765 bits per heavy atom. The smallest absolute Gasteiger partial charge is 0.133 e. The van der Waals surface area contributed by atoms with Crippen LogP contribution >= 0.6 is 11.8 Å². The molecule has 0 aromatic rings. The zero-order valence-electron chi connectivity index (χ0n) is 9.78. The summed E-state index contributed by atoms with van der Waals surface area (Å²) in [6.07, 6.45) is 5.88. The molecular weight excluding hydrogens is 236 g/mol. The van der Waals surface area contributed by atoms with Crippen LogP contribution < -0.4 is 0 Å². The molecule has 0 aromatic heterocycles. The minimum Gasteiger partial charge on any atom is -0.300 e. The second kappa shape index (κ2) is 3.90. The second-order valence-corrected chi connectivity index (χ2v) is 7.00. The number of Topliss-reactive ketones (excluding diaryl/α,β-unsaturated/α-hetero) is 2. The first kappa shape index (κ1) is 11.4. The largest absolute Gasteiger partial charge is 0.300 e. The van der Waals surface area contributed by atoms with Gasteiger partial charge in [0.25, 0.3) is 0 Å². The molecule has 92 valence electrons. The maximum absolute atomic E-state index is 11.3. The van der Waals surface area contributed by atoms with Crippen LogP contribution in [0.25, 0.3) is 0 Å². The van der Waals surface area contributed by atoms with E-state index in [1.165, 1.54) is 0 Å². The lowest BCUT2D eigenvalue weighted by molar-refractivity contribution is -0.121. The number of nitrogens with zero attached hydrogens (tertiary/aromatic N) is 2. The molecule has 2 aliphatic carbocycles. The summed E-state index contributed by atoms with van der Waals surface area (Å²) in [4.78, 5) is 22.3. The molecule has 3 rings (SSSR count). The van der Waals surface area contributed by atoms with Crippen LogP contribution in [0.3, 0.4) is 0 Å². The number of ketones is 2. The topological polar surface area (TPSA) is 58.9 Å². The lowest BCUT2D eigenvalue weighted by Gasteiger charge is -2.33. The summed E-state index contributed by atoms with van der Waals surface area (Å²) < 4.78 is 0. The van der Waals surface area contributed by atoms with Crippen LogP contribution in [0, 0.1) is 0 Å². The molecule has 0 bridgehead atoms. The average molecular weight is 252 g/mol. The van der Waals surface area contributed by atoms with E-state index in [0.29, 0.717) is 37.2 Å². The fourth-order valence-electron chi connectivity index (χ4n) is 2.82. The summed E-state index contributed by atoms with van der Waals surface area (Å²) in [5, 5.41) is 8.98. The molecule has 2 saturated carbocycles. The molecule has 5 heteroatoms. The highest BCUT2D eigenvalue weighted by Gasteiger charge is 2.50. The molecule has 4 nitrogen and oxygen atoms in total. The maximum atomic E-state index is 11.3. The van der Waals surface area contributed by atoms with Crippen LogP contribution in [0.1, 0.15) is 51.4 Å². The Balaban J connectivity index is 1.71. The zero-order chi connectivity index (χ0) is 11.9. The third-order valence-electron chi connectivity index (χ3n) is 3.97. The fourth-order valence-corrected chi connectivity index (χ4v) is 4.51. The van der Waals surface area contributed by atoms with Crippen molar-refractivity contribution in [3.05, 3.63) is 0 Å². The van der Waals surface area contributed by atoms with Crippen molar-refractivity contribution < 1.29 is 9.59 Å².